The number of esters is 1. The lowest BCUT2D eigenvalue weighted by molar-refractivity contribution is -0.153. The average Bonchev–Trinajstić information content (AvgIpc) is 2.83. The molecule has 1 atom stereocenters. The van der Waals surface area contributed by atoms with E-state index in [1.165, 1.54) is 12.5 Å². The number of nitrogens with two attached hydrogens (primary N) is 1. The molecule has 1 amide bonds. The van der Waals surface area contributed by atoms with Crippen LogP contribution >= 0.6 is 0 Å². The Morgan fingerprint density at radius 2 is 1.81 bits per heavy atom. The van der Waals surface area contributed by atoms with Crippen LogP contribution in [0.5, 0.6) is 0 Å². The quantitative estimate of drug-likeness (QED) is 0.749. The zero-order chi connectivity index (χ0) is 15.0. The molecule has 0 radical (unpaired) electrons. The van der Waals surface area contributed by atoms with Gasteiger partial charge in [-0.25, -0.2) is 0 Å². The fourth-order valence-corrected chi connectivity index (χ4v) is 2.87. The smallest absolute Gasteiger partial charge is 0.303 e. The fourth-order valence-electron chi connectivity index (χ4n) is 2.87. The van der Waals surface area contributed by atoms with Gasteiger partial charge in [0, 0.05) is 12.5 Å². The van der Waals surface area contributed by atoms with Crippen molar-refractivity contribution in [1.29, 1.82) is 0 Å². The fraction of sp³-hybridized carbons (Fsp3) is 0.176. The first-order valence-electron chi connectivity index (χ1n) is 6.74. The largest absolute Gasteiger partial charge is 0.447 e. The Balaban J connectivity index is 2.11. The summed E-state index contributed by atoms with van der Waals surface area (Å²) in [6.45, 7) is 1.27. The van der Waals surface area contributed by atoms with Gasteiger partial charge in [0.2, 0.25) is 6.10 Å². The van der Waals surface area contributed by atoms with Crippen molar-refractivity contribution in [2.24, 2.45) is 5.73 Å². The number of hydrogen-bond donors (Lipinski definition) is 1. The first-order chi connectivity index (χ1) is 10.1. The number of benzene rings is 2. The summed E-state index contributed by atoms with van der Waals surface area (Å²) in [7, 11) is 0. The van der Waals surface area contributed by atoms with Crippen LogP contribution in [-0.4, -0.2) is 11.9 Å². The van der Waals surface area contributed by atoms with Gasteiger partial charge in [-0.3, -0.25) is 9.59 Å². The number of ether oxygens (including phenoxy) is 1. The predicted octanol–water partition coefficient (Wildman–Crippen LogP) is 2.35. The van der Waals surface area contributed by atoms with Gasteiger partial charge in [0.15, 0.2) is 0 Å². The molecule has 1 aliphatic carbocycles. The Hall–Kier alpha value is -2.62. The Morgan fingerprint density at radius 1 is 1.10 bits per heavy atom. The summed E-state index contributed by atoms with van der Waals surface area (Å²) < 4.78 is 5.11. The summed E-state index contributed by atoms with van der Waals surface area (Å²) in [6, 6.07) is 13.7. The molecule has 0 spiro atoms. The molecule has 21 heavy (non-hydrogen) atoms. The van der Waals surface area contributed by atoms with Crippen LogP contribution in [0, 0.1) is 0 Å². The zero-order valence-electron chi connectivity index (χ0n) is 11.6. The monoisotopic (exact) mass is 281 g/mol. The van der Waals surface area contributed by atoms with E-state index in [0.717, 1.165) is 16.7 Å². The maximum atomic E-state index is 11.7. The highest BCUT2D eigenvalue weighted by Gasteiger charge is 2.28. The molecule has 0 aromatic heterocycles. The SMILES string of the molecule is CC(=O)OC(C(N)=O)c1cccc2c1Cc1ccccc1-2. The lowest BCUT2D eigenvalue weighted by Gasteiger charge is -2.17. The van der Waals surface area contributed by atoms with Crippen molar-refractivity contribution in [3.8, 4) is 11.1 Å². The first kappa shape index (κ1) is 13.4. The van der Waals surface area contributed by atoms with E-state index in [1.54, 1.807) is 6.07 Å². The summed E-state index contributed by atoms with van der Waals surface area (Å²) in [6.07, 6.45) is -0.320. The maximum absolute atomic E-state index is 11.7. The number of carbonyl (C=O) groups is 2. The molecule has 4 nitrogen and oxygen atoms in total. The van der Waals surface area contributed by atoms with Crippen LogP contribution in [0.15, 0.2) is 42.5 Å². The van der Waals surface area contributed by atoms with Crippen molar-refractivity contribution in [1.82, 2.24) is 0 Å². The van der Waals surface area contributed by atoms with E-state index in [1.807, 2.05) is 24.3 Å². The van der Waals surface area contributed by atoms with Gasteiger partial charge in [-0.1, -0.05) is 42.5 Å². The van der Waals surface area contributed by atoms with E-state index in [9.17, 15) is 9.59 Å². The van der Waals surface area contributed by atoms with Crippen LogP contribution in [0.2, 0.25) is 0 Å². The molecule has 0 saturated carbocycles. The summed E-state index contributed by atoms with van der Waals surface area (Å²) in [5.74, 6) is -1.18. The van der Waals surface area contributed by atoms with Gasteiger partial charge in [0.05, 0.1) is 0 Å². The third kappa shape index (κ3) is 2.29. The molecule has 3 rings (SSSR count). The highest BCUT2D eigenvalue weighted by molar-refractivity contribution is 5.86. The number of fused-ring (bicyclic) bond motifs is 3. The summed E-state index contributed by atoms with van der Waals surface area (Å²) in [4.78, 5) is 22.9. The number of carbonyl (C=O) groups excluding carboxylic acids is 2. The highest BCUT2D eigenvalue weighted by atomic mass is 16.5. The van der Waals surface area contributed by atoms with Crippen LogP contribution in [0.25, 0.3) is 11.1 Å². The van der Waals surface area contributed by atoms with E-state index in [4.69, 9.17) is 10.5 Å². The second-order valence-corrected chi connectivity index (χ2v) is 5.10. The minimum Gasteiger partial charge on any atom is -0.447 e. The van der Waals surface area contributed by atoms with Gasteiger partial charge < -0.3 is 10.5 Å². The standard InChI is InChI=1S/C17H15NO3/c1-10(19)21-16(17(18)20)14-8-4-7-13-12-6-3-2-5-11(12)9-15(13)14/h2-8,16H,9H2,1H3,(H2,18,20). The number of rotatable bonds is 3. The number of primary amides is 1. The van der Waals surface area contributed by atoms with Gasteiger partial charge in [-0.2, -0.15) is 0 Å². The van der Waals surface area contributed by atoms with Gasteiger partial charge in [0.1, 0.15) is 0 Å². The molecule has 0 aliphatic heterocycles. The van der Waals surface area contributed by atoms with E-state index in [2.05, 4.69) is 12.1 Å². The third-order valence-corrected chi connectivity index (χ3v) is 3.71. The number of hydrogen-bond acceptors (Lipinski definition) is 3. The molecule has 1 unspecified atom stereocenters. The minimum atomic E-state index is -1.04. The highest BCUT2D eigenvalue weighted by Crippen LogP contribution is 2.40. The molecule has 1 aliphatic rings. The van der Waals surface area contributed by atoms with Crippen LogP contribution in [0.4, 0.5) is 0 Å². The summed E-state index contributed by atoms with van der Waals surface area (Å²) in [5.41, 5.74) is 10.5. The predicted molar refractivity (Wildman–Crippen MR) is 78.4 cm³/mol. The maximum Gasteiger partial charge on any atom is 0.303 e. The molecule has 2 aromatic carbocycles. The number of amides is 1. The molecule has 0 fully saturated rings. The minimum absolute atomic E-state index is 0.521. The molecule has 0 bridgehead atoms. The topological polar surface area (TPSA) is 69.4 Å². The normalized spacial score (nSPS) is 13.2. The Labute approximate surface area is 122 Å². The van der Waals surface area contributed by atoms with Gasteiger partial charge in [-0.15, -0.1) is 0 Å². The van der Waals surface area contributed by atoms with E-state index < -0.39 is 18.0 Å². The van der Waals surface area contributed by atoms with Crippen molar-refractivity contribution >= 4 is 11.9 Å². The van der Waals surface area contributed by atoms with Crippen molar-refractivity contribution in [2.75, 3.05) is 0 Å². The molecule has 0 saturated heterocycles. The lowest BCUT2D eigenvalue weighted by Crippen LogP contribution is -2.26. The molecular weight excluding hydrogens is 266 g/mol. The van der Waals surface area contributed by atoms with E-state index in [-0.39, 0.29) is 0 Å². The van der Waals surface area contributed by atoms with Crippen molar-refractivity contribution in [3.05, 3.63) is 59.2 Å². The van der Waals surface area contributed by atoms with Crippen LogP contribution in [0.1, 0.15) is 29.7 Å². The van der Waals surface area contributed by atoms with Gasteiger partial charge in [-0.05, 0) is 28.7 Å². The van der Waals surface area contributed by atoms with E-state index >= 15 is 0 Å². The summed E-state index contributed by atoms with van der Waals surface area (Å²) >= 11 is 0. The zero-order valence-corrected chi connectivity index (χ0v) is 11.6. The van der Waals surface area contributed by atoms with Crippen molar-refractivity contribution in [2.45, 2.75) is 19.4 Å². The van der Waals surface area contributed by atoms with Crippen LogP contribution < -0.4 is 5.73 Å². The molecule has 2 N–H and O–H groups in total. The average molecular weight is 281 g/mol. The molecule has 106 valence electrons. The first-order valence-corrected chi connectivity index (χ1v) is 6.74. The molecule has 0 heterocycles. The molecular formula is C17H15NO3. The van der Waals surface area contributed by atoms with Crippen LogP contribution in [-0.2, 0) is 20.7 Å². The Morgan fingerprint density at radius 3 is 2.52 bits per heavy atom. The van der Waals surface area contributed by atoms with Crippen molar-refractivity contribution < 1.29 is 14.3 Å². The molecule has 2 aromatic rings. The lowest BCUT2D eigenvalue weighted by atomic mass is 9.97. The van der Waals surface area contributed by atoms with Crippen LogP contribution in [0.3, 0.4) is 0 Å². The second kappa shape index (κ2) is 5.05. The van der Waals surface area contributed by atoms with Crippen molar-refractivity contribution in [3.63, 3.8) is 0 Å². The Kier molecular flexibility index (Phi) is 3.22. The van der Waals surface area contributed by atoms with E-state index in [0.29, 0.717) is 12.0 Å². The Bertz CT molecular complexity index is 737. The summed E-state index contributed by atoms with van der Waals surface area (Å²) in [5, 5.41) is 0. The van der Waals surface area contributed by atoms with Gasteiger partial charge >= 0.3 is 5.97 Å². The van der Waals surface area contributed by atoms with Gasteiger partial charge in [0.25, 0.3) is 5.91 Å². The molecule has 4 heteroatoms. The second-order valence-electron chi connectivity index (χ2n) is 5.10. The third-order valence-electron chi connectivity index (χ3n) is 3.71.